The van der Waals surface area contributed by atoms with Crippen molar-refractivity contribution in [3.05, 3.63) is 58.0 Å². The summed E-state index contributed by atoms with van der Waals surface area (Å²) < 4.78 is 19.7. The van der Waals surface area contributed by atoms with E-state index in [9.17, 15) is 14.0 Å². The number of halogens is 1. The van der Waals surface area contributed by atoms with E-state index in [2.05, 4.69) is 15.5 Å². The minimum Gasteiger partial charge on any atom is -0.360 e. The summed E-state index contributed by atoms with van der Waals surface area (Å²) in [6.07, 6.45) is 0.692. The Morgan fingerprint density at radius 3 is 2.86 bits per heavy atom. The summed E-state index contributed by atoms with van der Waals surface area (Å²) in [5.41, 5.74) is 1.04. The lowest BCUT2D eigenvalue weighted by Gasteiger charge is -2.13. The summed E-state index contributed by atoms with van der Waals surface area (Å²) >= 11 is 2.63. The molecule has 4 rings (SSSR count). The Morgan fingerprint density at radius 2 is 2.17 bits per heavy atom. The van der Waals surface area contributed by atoms with E-state index in [1.54, 1.807) is 13.0 Å². The van der Waals surface area contributed by atoms with Crippen LogP contribution in [0.2, 0.25) is 0 Å². The highest BCUT2D eigenvalue weighted by molar-refractivity contribution is 8.00. The van der Waals surface area contributed by atoms with E-state index in [1.165, 1.54) is 40.6 Å². The number of hydrogen-bond acceptors (Lipinski definition) is 7. The lowest BCUT2D eigenvalue weighted by Crippen LogP contribution is -2.24. The topological polar surface area (TPSA) is 90.0 Å². The molecule has 1 amide bonds. The van der Waals surface area contributed by atoms with Gasteiger partial charge in [-0.2, -0.15) is 0 Å². The van der Waals surface area contributed by atoms with E-state index in [0.717, 1.165) is 17.5 Å². The van der Waals surface area contributed by atoms with Gasteiger partial charge in [0, 0.05) is 17.7 Å². The molecule has 0 saturated carbocycles. The molecule has 29 heavy (non-hydrogen) atoms. The first-order valence-corrected chi connectivity index (χ1v) is 10.7. The zero-order chi connectivity index (χ0) is 20.5. The quantitative estimate of drug-likeness (QED) is 0.488. The third kappa shape index (κ3) is 4.23. The molecule has 3 heterocycles. The van der Waals surface area contributed by atoms with Gasteiger partial charge in [-0.05, 0) is 31.2 Å². The van der Waals surface area contributed by atoms with Crippen LogP contribution >= 0.6 is 23.5 Å². The smallest absolute Gasteiger partial charge is 0.272 e. The van der Waals surface area contributed by atoms with Crippen LogP contribution in [0.25, 0.3) is 5.69 Å². The number of aryl methyl sites for hydroxylation is 1. The van der Waals surface area contributed by atoms with Crippen LogP contribution in [-0.4, -0.2) is 31.6 Å². The molecule has 3 aromatic rings. The predicted octanol–water partition coefficient (Wildman–Crippen LogP) is 3.44. The first-order chi connectivity index (χ1) is 13.9. The molecule has 2 aromatic heterocycles. The van der Waals surface area contributed by atoms with Crippen molar-refractivity contribution in [2.45, 2.75) is 35.6 Å². The number of amides is 1. The van der Waals surface area contributed by atoms with E-state index in [4.69, 9.17) is 4.52 Å². The fourth-order valence-corrected chi connectivity index (χ4v) is 4.87. The number of rotatable bonds is 5. The summed E-state index contributed by atoms with van der Waals surface area (Å²) in [4.78, 5) is 30.6. The normalized spacial score (nSPS) is 15.3. The number of hydrogen-bond donors (Lipinski definition) is 1. The fraction of sp³-hybridized carbons (Fsp3) is 0.263. The van der Waals surface area contributed by atoms with Gasteiger partial charge in [0.25, 0.3) is 5.56 Å². The Bertz CT molecular complexity index is 1130. The Hall–Kier alpha value is -2.59. The molecule has 0 unspecified atom stereocenters. The fourth-order valence-electron chi connectivity index (χ4n) is 2.95. The zero-order valence-corrected chi connectivity index (χ0v) is 17.3. The van der Waals surface area contributed by atoms with Crippen LogP contribution in [0.3, 0.4) is 0 Å². The maximum atomic E-state index is 13.4. The van der Waals surface area contributed by atoms with Crippen molar-refractivity contribution in [3.63, 3.8) is 0 Å². The minimum absolute atomic E-state index is 0.0288. The number of thioether (sulfide) groups is 2. The van der Waals surface area contributed by atoms with E-state index in [-0.39, 0.29) is 22.5 Å². The number of aromatic nitrogens is 3. The average Bonchev–Trinajstić information content (AvgIpc) is 3.26. The molecule has 1 atom stereocenters. The zero-order valence-electron chi connectivity index (χ0n) is 15.6. The summed E-state index contributed by atoms with van der Waals surface area (Å²) in [5.74, 6) is 0.254. The van der Waals surface area contributed by atoms with Crippen LogP contribution in [-0.2, 0) is 11.2 Å². The molecule has 10 heteroatoms. The number of nitrogens with one attached hydrogen (secondary N) is 1. The van der Waals surface area contributed by atoms with Crippen LogP contribution in [0, 0.1) is 12.7 Å². The van der Waals surface area contributed by atoms with Gasteiger partial charge in [-0.25, -0.2) is 9.37 Å². The van der Waals surface area contributed by atoms with Gasteiger partial charge in [0.05, 0.1) is 22.0 Å². The van der Waals surface area contributed by atoms with Crippen molar-refractivity contribution in [2.75, 3.05) is 11.1 Å². The Kier molecular flexibility index (Phi) is 5.46. The van der Waals surface area contributed by atoms with Crippen LogP contribution in [0.1, 0.15) is 18.4 Å². The molecule has 0 radical (unpaired) electrons. The molecule has 0 fully saturated rings. The largest absolute Gasteiger partial charge is 0.360 e. The minimum atomic E-state index is -0.393. The predicted molar refractivity (Wildman–Crippen MR) is 109 cm³/mol. The first kappa shape index (κ1) is 19.7. The molecule has 150 valence electrons. The molecule has 0 spiro atoms. The van der Waals surface area contributed by atoms with Gasteiger partial charge in [-0.15, -0.1) is 11.8 Å². The maximum absolute atomic E-state index is 13.4. The highest BCUT2D eigenvalue weighted by Gasteiger charge is 2.27. The molecule has 0 saturated heterocycles. The van der Waals surface area contributed by atoms with Crippen molar-refractivity contribution >= 4 is 35.2 Å². The van der Waals surface area contributed by atoms with Gasteiger partial charge in [-0.3, -0.25) is 14.2 Å². The molecule has 0 bridgehead atoms. The van der Waals surface area contributed by atoms with E-state index < -0.39 is 5.82 Å². The third-order valence-electron chi connectivity index (χ3n) is 4.19. The molecule has 1 aliphatic rings. The van der Waals surface area contributed by atoms with E-state index in [1.807, 2.05) is 6.92 Å². The second-order valence-electron chi connectivity index (χ2n) is 6.58. The summed E-state index contributed by atoms with van der Waals surface area (Å²) in [6, 6.07) is 7.24. The molecule has 1 N–H and O–H groups in total. The van der Waals surface area contributed by atoms with Gasteiger partial charge < -0.3 is 9.84 Å². The molecule has 1 aliphatic heterocycles. The summed E-state index contributed by atoms with van der Waals surface area (Å²) in [6.45, 7) is 3.76. The van der Waals surface area contributed by atoms with Gasteiger partial charge in [0.1, 0.15) is 11.6 Å². The SMILES string of the molecule is Cc1cc(NC(=O)CSc2nc3c(c(=O)n2-c2ccc(F)cc2)S[C@@H](C)C3)no1. The number of nitrogens with zero attached hydrogens (tertiary/aromatic N) is 3. The lowest BCUT2D eigenvalue weighted by atomic mass is 10.2. The molecular formula is C19H17FN4O3S2. The molecule has 1 aromatic carbocycles. The van der Waals surface area contributed by atoms with Crippen molar-refractivity contribution in [2.24, 2.45) is 0 Å². The van der Waals surface area contributed by atoms with Crippen molar-refractivity contribution in [1.29, 1.82) is 0 Å². The third-order valence-corrected chi connectivity index (χ3v) is 6.35. The number of benzene rings is 1. The van der Waals surface area contributed by atoms with E-state index >= 15 is 0 Å². The lowest BCUT2D eigenvalue weighted by molar-refractivity contribution is -0.113. The second-order valence-corrected chi connectivity index (χ2v) is 8.97. The molecule has 7 nitrogen and oxygen atoms in total. The van der Waals surface area contributed by atoms with Gasteiger partial charge in [0.15, 0.2) is 11.0 Å². The highest BCUT2D eigenvalue weighted by atomic mass is 32.2. The van der Waals surface area contributed by atoms with Gasteiger partial charge >= 0.3 is 0 Å². The van der Waals surface area contributed by atoms with Crippen molar-refractivity contribution in [3.8, 4) is 5.69 Å². The Balaban J connectivity index is 1.64. The average molecular weight is 433 g/mol. The Morgan fingerprint density at radius 1 is 1.41 bits per heavy atom. The number of anilines is 1. The van der Waals surface area contributed by atoms with E-state index in [0.29, 0.717) is 33.7 Å². The number of carbonyl (C=O) groups is 1. The first-order valence-electron chi connectivity index (χ1n) is 8.85. The monoisotopic (exact) mass is 432 g/mol. The number of carbonyl (C=O) groups excluding carboxylic acids is 1. The van der Waals surface area contributed by atoms with Crippen LogP contribution in [0.5, 0.6) is 0 Å². The van der Waals surface area contributed by atoms with Gasteiger partial charge in [0.2, 0.25) is 5.91 Å². The van der Waals surface area contributed by atoms with Crippen LogP contribution in [0.4, 0.5) is 10.2 Å². The molecule has 0 aliphatic carbocycles. The summed E-state index contributed by atoms with van der Waals surface area (Å²) in [7, 11) is 0. The standard InChI is InChI=1S/C19H17FN4O3S2/c1-10-7-15(23-27-10)22-16(25)9-28-19-21-14-8-11(2)29-17(14)18(26)24(19)13-5-3-12(20)4-6-13/h3-7,11H,8-9H2,1-2H3,(H,22,23,25)/t11-/m0/s1. The van der Waals surface area contributed by atoms with Crippen LogP contribution < -0.4 is 10.9 Å². The van der Waals surface area contributed by atoms with Crippen molar-refractivity contribution in [1.82, 2.24) is 14.7 Å². The van der Waals surface area contributed by atoms with Crippen molar-refractivity contribution < 1.29 is 13.7 Å². The molecular weight excluding hydrogens is 415 g/mol. The second kappa shape index (κ2) is 8.03. The van der Waals surface area contributed by atoms with Crippen LogP contribution in [0.15, 0.2) is 49.7 Å². The number of fused-ring (bicyclic) bond motifs is 1. The highest BCUT2D eigenvalue weighted by Crippen LogP contribution is 2.34. The maximum Gasteiger partial charge on any atom is 0.272 e. The Labute approximate surface area is 174 Å². The van der Waals surface area contributed by atoms with Gasteiger partial charge in [-0.1, -0.05) is 23.8 Å². The summed E-state index contributed by atoms with van der Waals surface area (Å²) in [5, 5.41) is 7.01.